The Labute approximate surface area is 281 Å². The molecule has 7 aromatic carbocycles. The second-order valence-corrected chi connectivity index (χ2v) is 15.7. The van der Waals surface area contributed by atoms with Crippen molar-refractivity contribution in [1.29, 1.82) is 5.26 Å². The van der Waals surface area contributed by atoms with Crippen LogP contribution < -0.4 is 20.7 Å². The lowest BCUT2D eigenvalue weighted by Crippen LogP contribution is -2.74. The third kappa shape index (κ3) is 4.48. The highest BCUT2D eigenvalue weighted by molar-refractivity contribution is 7.19. The Kier molecular flexibility index (Phi) is 7.27. The van der Waals surface area contributed by atoms with E-state index in [0.717, 1.165) is 38.6 Å². The maximum Gasteiger partial charge on any atom is 0.214 e. The lowest BCUT2D eigenvalue weighted by atomic mass is 9.98. The second kappa shape index (κ2) is 12.0. The Morgan fingerprint density at radius 1 is 0.521 bits per heavy atom. The molecule has 4 heteroatoms. The molecule has 48 heavy (non-hydrogen) atoms. The van der Waals surface area contributed by atoms with Crippen LogP contribution in [-0.4, -0.2) is 12.6 Å². The highest BCUT2D eigenvalue weighted by atomic mass is 28.3. The third-order valence-corrected chi connectivity index (χ3v) is 14.2. The summed E-state index contributed by atoms with van der Waals surface area (Å²) in [4.78, 5) is 4.04. The fourth-order valence-electron chi connectivity index (χ4n) is 7.41. The van der Waals surface area contributed by atoms with Gasteiger partial charge in [-0.2, -0.15) is 5.26 Å². The molecule has 0 saturated carbocycles. The van der Waals surface area contributed by atoms with E-state index in [4.69, 9.17) is 6.57 Å². The molecule has 0 radical (unpaired) electrons. The third-order valence-electron chi connectivity index (χ3n) is 9.41. The van der Waals surface area contributed by atoms with Gasteiger partial charge in [0.05, 0.1) is 29.2 Å². The predicted molar refractivity (Wildman–Crippen MR) is 201 cm³/mol. The molecule has 0 aliphatic carbocycles. The molecule has 0 aliphatic heterocycles. The van der Waals surface area contributed by atoms with E-state index >= 15 is 0 Å². The fourth-order valence-corrected chi connectivity index (χ4v) is 12.2. The summed E-state index contributed by atoms with van der Waals surface area (Å²) in [6.07, 6.45) is 0. The first kappa shape index (κ1) is 29.0. The zero-order valence-corrected chi connectivity index (χ0v) is 27.1. The number of nitrogens with zero attached hydrogens (tertiary/aromatic N) is 3. The molecular formula is C44H29N3Si. The number of hydrogen-bond donors (Lipinski definition) is 0. The van der Waals surface area contributed by atoms with E-state index in [0.29, 0.717) is 11.3 Å². The number of benzene rings is 7. The van der Waals surface area contributed by atoms with Gasteiger partial charge in [-0.15, -0.1) is 0 Å². The molecule has 224 valence electrons. The van der Waals surface area contributed by atoms with Gasteiger partial charge in [0.15, 0.2) is 8.07 Å². The molecular weight excluding hydrogens is 599 g/mol. The molecule has 8 aromatic rings. The molecule has 1 aromatic heterocycles. The van der Waals surface area contributed by atoms with Crippen LogP contribution in [0.3, 0.4) is 0 Å². The number of rotatable bonds is 6. The smallest absolute Gasteiger partial charge is 0.214 e. The van der Waals surface area contributed by atoms with E-state index < -0.39 is 8.07 Å². The Bertz CT molecular complexity index is 2370. The second-order valence-electron chi connectivity index (χ2n) is 11.9. The first-order valence-electron chi connectivity index (χ1n) is 16.0. The lowest BCUT2D eigenvalue weighted by Gasteiger charge is -2.34. The van der Waals surface area contributed by atoms with Crippen LogP contribution in [-0.2, 0) is 0 Å². The molecule has 0 bridgehead atoms. The highest BCUT2D eigenvalue weighted by Crippen LogP contribution is 2.42. The topological polar surface area (TPSA) is 33.1 Å². The van der Waals surface area contributed by atoms with Gasteiger partial charge >= 0.3 is 0 Å². The van der Waals surface area contributed by atoms with Crippen LogP contribution in [0.5, 0.6) is 0 Å². The van der Waals surface area contributed by atoms with Crippen molar-refractivity contribution < 1.29 is 0 Å². The molecule has 0 spiro atoms. The van der Waals surface area contributed by atoms with E-state index in [1.54, 1.807) is 6.07 Å². The minimum Gasteiger partial charge on any atom is -0.310 e. The monoisotopic (exact) mass is 627 g/mol. The van der Waals surface area contributed by atoms with Crippen LogP contribution >= 0.6 is 0 Å². The minimum absolute atomic E-state index is 0.361. The normalized spacial score (nSPS) is 11.3. The Morgan fingerprint density at radius 3 is 1.50 bits per heavy atom. The summed E-state index contributed by atoms with van der Waals surface area (Å²) >= 11 is 0. The van der Waals surface area contributed by atoms with E-state index in [1.807, 2.05) is 6.07 Å². The highest BCUT2D eigenvalue weighted by Gasteiger charge is 2.41. The van der Waals surface area contributed by atoms with Crippen LogP contribution in [0.25, 0.3) is 43.5 Å². The molecule has 8 rings (SSSR count). The fraction of sp³-hybridized carbons (Fsp3) is 0. The summed E-state index contributed by atoms with van der Waals surface area (Å²) in [5.74, 6) is 0. The standard InChI is InChI=1S/C44H29N3Si/c1-46-44-33(31-45)28-29-42(47-40-26-13-11-24-38(40)39-25-12-14-27-41(39)47)43(44)32-16-15-23-37(30-32)48(34-17-5-2-6-18-34,35-19-7-3-8-20-35)36-21-9-4-10-22-36/h2-30H. The summed E-state index contributed by atoms with van der Waals surface area (Å²) in [5, 5.41) is 17.5. The van der Waals surface area contributed by atoms with Gasteiger partial charge in [-0.25, -0.2) is 4.85 Å². The van der Waals surface area contributed by atoms with E-state index in [9.17, 15) is 5.26 Å². The van der Waals surface area contributed by atoms with E-state index in [-0.39, 0.29) is 0 Å². The number of hydrogen-bond acceptors (Lipinski definition) is 1. The Hall–Kier alpha value is -6.46. The summed E-state index contributed by atoms with van der Waals surface area (Å²) in [5.41, 5.74) is 5.38. The van der Waals surface area contributed by atoms with Crippen molar-refractivity contribution in [2.75, 3.05) is 0 Å². The Balaban J connectivity index is 1.48. The van der Waals surface area contributed by atoms with Crippen LogP contribution in [0.2, 0.25) is 0 Å². The zero-order valence-electron chi connectivity index (χ0n) is 26.1. The average Bonchev–Trinajstić information content (AvgIpc) is 3.50. The van der Waals surface area contributed by atoms with Gasteiger partial charge < -0.3 is 4.57 Å². The van der Waals surface area contributed by atoms with Crippen molar-refractivity contribution >= 4 is 56.3 Å². The van der Waals surface area contributed by atoms with Gasteiger partial charge in [0, 0.05) is 22.0 Å². The minimum atomic E-state index is -2.83. The van der Waals surface area contributed by atoms with Crippen LogP contribution in [0.4, 0.5) is 5.69 Å². The maximum absolute atomic E-state index is 10.2. The van der Waals surface area contributed by atoms with Crippen molar-refractivity contribution in [2.24, 2.45) is 0 Å². The molecule has 3 nitrogen and oxygen atoms in total. The van der Waals surface area contributed by atoms with Crippen LogP contribution in [0.15, 0.2) is 176 Å². The molecule has 0 amide bonds. The molecule has 0 fully saturated rings. The number of para-hydroxylation sites is 2. The van der Waals surface area contributed by atoms with Gasteiger partial charge in [0.1, 0.15) is 0 Å². The van der Waals surface area contributed by atoms with Gasteiger partial charge in [-0.1, -0.05) is 158 Å². The van der Waals surface area contributed by atoms with Gasteiger partial charge in [0.2, 0.25) is 5.69 Å². The van der Waals surface area contributed by atoms with E-state index in [1.165, 1.54) is 20.7 Å². The van der Waals surface area contributed by atoms with Crippen LogP contribution in [0, 0.1) is 17.9 Å². The maximum atomic E-state index is 10.2. The quantitative estimate of drug-likeness (QED) is 0.104. The number of aromatic nitrogens is 1. The van der Waals surface area contributed by atoms with Crippen molar-refractivity contribution in [1.82, 2.24) is 4.57 Å². The van der Waals surface area contributed by atoms with E-state index in [2.05, 4.69) is 179 Å². The van der Waals surface area contributed by atoms with Crippen molar-refractivity contribution in [3.63, 3.8) is 0 Å². The zero-order chi connectivity index (χ0) is 32.5. The van der Waals surface area contributed by atoms with Crippen molar-refractivity contribution in [3.05, 3.63) is 193 Å². The lowest BCUT2D eigenvalue weighted by molar-refractivity contribution is 1.18. The average molecular weight is 628 g/mol. The Morgan fingerprint density at radius 2 is 1.00 bits per heavy atom. The van der Waals surface area contributed by atoms with Crippen LogP contribution in [0.1, 0.15) is 5.56 Å². The predicted octanol–water partition coefficient (Wildman–Crippen LogP) is 8.25. The van der Waals surface area contributed by atoms with Gasteiger partial charge in [0.25, 0.3) is 0 Å². The first-order valence-corrected chi connectivity index (χ1v) is 18.0. The van der Waals surface area contributed by atoms with Crippen molar-refractivity contribution in [3.8, 4) is 22.9 Å². The number of fused-ring (bicyclic) bond motifs is 3. The number of nitriles is 1. The molecule has 0 atom stereocenters. The molecule has 0 saturated heterocycles. The molecule has 0 aliphatic rings. The van der Waals surface area contributed by atoms with Gasteiger partial charge in [-0.3, -0.25) is 0 Å². The SMILES string of the molecule is [C-]#[N+]c1c(C#N)ccc(-n2c3ccccc3c3ccccc32)c1-c1cccc([Si](c2ccccc2)(c2ccccc2)c2ccccc2)c1. The van der Waals surface area contributed by atoms with Crippen molar-refractivity contribution in [2.45, 2.75) is 0 Å². The largest absolute Gasteiger partial charge is 0.310 e. The summed E-state index contributed by atoms with van der Waals surface area (Å²) in [7, 11) is -2.83. The summed E-state index contributed by atoms with van der Waals surface area (Å²) < 4.78 is 2.25. The summed E-state index contributed by atoms with van der Waals surface area (Å²) in [6.45, 7) is 8.38. The molecule has 0 unspecified atom stereocenters. The van der Waals surface area contributed by atoms with Gasteiger partial charge in [-0.05, 0) is 44.5 Å². The first-order chi connectivity index (χ1) is 23.8. The summed E-state index contributed by atoms with van der Waals surface area (Å²) in [6, 6.07) is 64.1. The molecule has 1 heterocycles. The molecule has 0 N–H and O–H groups in total.